The molecule has 0 heterocycles. The molecule has 0 aliphatic carbocycles. The number of hydrogen-bond acceptors (Lipinski definition) is 2. The standard InChI is InChI=1S/C40H62O2/c1-24(2)33-21-30(20-31(37(33)42)23-38(8,9)10)22-34-27(5)25(3)26(4)32(28(34)6)18-17-19-35(40(14,15)16)36(41)29(7)39(11,12)13/h19-21,24,41-42H,17-18,22-23H2,1-16H3/b35-19+,36-29-. The molecule has 2 heteroatoms. The van der Waals surface area contributed by atoms with Gasteiger partial charge in [0.05, 0.1) is 0 Å². The molecule has 2 rings (SSSR count). The Morgan fingerprint density at radius 3 is 1.81 bits per heavy atom. The Balaban J connectivity index is 2.59. The highest BCUT2D eigenvalue weighted by Crippen LogP contribution is 2.39. The van der Waals surface area contributed by atoms with E-state index in [-0.39, 0.29) is 22.2 Å². The molecule has 0 aromatic heterocycles. The van der Waals surface area contributed by atoms with Gasteiger partial charge in [-0.15, -0.1) is 0 Å². The third-order valence-electron chi connectivity index (χ3n) is 9.22. The molecule has 0 aliphatic heterocycles. The van der Waals surface area contributed by atoms with E-state index < -0.39 is 0 Å². The summed E-state index contributed by atoms with van der Waals surface area (Å²) in [6.07, 6.45) is 5.80. The first-order valence-corrected chi connectivity index (χ1v) is 16.0. The summed E-state index contributed by atoms with van der Waals surface area (Å²) >= 11 is 0. The first-order valence-electron chi connectivity index (χ1n) is 16.0. The molecule has 234 valence electrons. The summed E-state index contributed by atoms with van der Waals surface area (Å²) < 4.78 is 0. The lowest BCUT2D eigenvalue weighted by atomic mass is 9.78. The van der Waals surface area contributed by atoms with Gasteiger partial charge in [-0.05, 0) is 144 Å². The van der Waals surface area contributed by atoms with Crippen LogP contribution in [0, 0.1) is 43.9 Å². The Morgan fingerprint density at radius 2 is 1.33 bits per heavy atom. The molecule has 2 nitrogen and oxygen atoms in total. The number of allylic oxidation sites excluding steroid dienone is 3. The van der Waals surface area contributed by atoms with E-state index in [0.29, 0.717) is 11.5 Å². The summed E-state index contributed by atoms with van der Waals surface area (Å²) in [6.45, 7) is 35.2. The zero-order valence-electron chi connectivity index (χ0n) is 30.0. The lowest BCUT2D eigenvalue weighted by Gasteiger charge is -2.28. The molecule has 0 amide bonds. The van der Waals surface area contributed by atoms with Gasteiger partial charge in [0.15, 0.2) is 0 Å². The molecule has 0 spiro atoms. The number of aliphatic hydroxyl groups is 1. The smallest absolute Gasteiger partial charge is 0.122 e. The van der Waals surface area contributed by atoms with Crippen molar-refractivity contribution < 1.29 is 10.2 Å². The lowest BCUT2D eigenvalue weighted by Crippen LogP contribution is -2.17. The summed E-state index contributed by atoms with van der Waals surface area (Å²) in [5, 5.41) is 22.4. The molecule has 0 unspecified atom stereocenters. The van der Waals surface area contributed by atoms with Crippen LogP contribution in [0.2, 0.25) is 0 Å². The maximum Gasteiger partial charge on any atom is 0.122 e. The van der Waals surface area contributed by atoms with Gasteiger partial charge in [0.2, 0.25) is 0 Å². The first-order chi connectivity index (χ1) is 19.0. The predicted molar refractivity (Wildman–Crippen MR) is 184 cm³/mol. The van der Waals surface area contributed by atoms with Crippen molar-refractivity contribution in [2.75, 3.05) is 0 Å². The van der Waals surface area contributed by atoms with E-state index in [1.54, 1.807) is 0 Å². The SMILES string of the molecule is C/C(=C(O)\C(=C/CCc1c(C)c(C)c(C)c(Cc2cc(CC(C)(C)C)c(O)c(C(C)C)c2)c1C)C(C)(C)C)C(C)(C)C. The molecule has 0 fully saturated rings. The van der Waals surface area contributed by atoms with Crippen LogP contribution in [0.1, 0.15) is 145 Å². The van der Waals surface area contributed by atoms with E-state index in [2.05, 4.69) is 129 Å². The highest BCUT2D eigenvalue weighted by atomic mass is 16.3. The lowest BCUT2D eigenvalue weighted by molar-refractivity contribution is 0.350. The average molecular weight is 575 g/mol. The molecule has 0 bridgehead atoms. The first kappa shape index (κ1) is 35.7. The Kier molecular flexibility index (Phi) is 11.1. The Bertz CT molecular complexity index is 1340. The summed E-state index contributed by atoms with van der Waals surface area (Å²) in [4.78, 5) is 0. The van der Waals surface area contributed by atoms with Gasteiger partial charge in [0.25, 0.3) is 0 Å². The number of aromatic hydroxyl groups is 1. The van der Waals surface area contributed by atoms with Crippen molar-refractivity contribution in [1.82, 2.24) is 0 Å². The third-order valence-corrected chi connectivity index (χ3v) is 9.22. The molecule has 2 N–H and O–H groups in total. The minimum absolute atomic E-state index is 0.0824. The number of hydrogen-bond donors (Lipinski definition) is 2. The van der Waals surface area contributed by atoms with Gasteiger partial charge < -0.3 is 10.2 Å². The fourth-order valence-electron chi connectivity index (χ4n) is 6.03. The van der Waals surface area contributed by atoms with E-state index in [1.807, 2.05) is 0 Å². The van der Waals surface area contributed by atoms with Gasteiger partial charge in [-0.2, -0.15) is 0 Å². The maximum absolute atomic E-state index is 11.3. The third kappa shape index (κ3) is 8.55. The Hall–Kier alpha value is -2.48. The van der Waals surface area contributed by atoms with Crippen LogP contribution in [0.25, 0.3) is 0 Å². The number of benzene rings is 2. The normalized spacial score (nSPS) is 14.1. The quantitative estimate of drug-likeness (QED) is 0.243. The summed E-state index contributed by atoms with van der Waals surface area (Å²) in [7, 11) is 0. The fraction of sp³-hybridized carbons (Fsp3) is 0.600. The second-order valence-electron chi connectivity index (χ2n) is 16.3. The van der Waals surface area contributed by atoms with E-state index in [4.69, 9.17) is 0 Å². The van der Waals surface area contributed by atoms with Gasteiger partial charge in [-0.3, -0.25) is 0 Å². The van der Waals surface area contributed by atoms with E-state index in [9.17, 15) is 10.2 Å². The van der Waals surface area contributed by atoms with Crippen molar-refractivity contribution >= 4 is 0 Å². The largest absolute Gasteiger partial charge is 0.508 e. The van der Waals surface area contributed by atoms with Crippen molar-refractivity contribution in [2.24, 2.45) is 16.2 Å². The van der Waals surface area contributed by atoms with Crippen molar-refractivity contribution in [1.29, 1.82) is 0 Å². The molecular formula is C40H62O2. The van der Waals surface area contributed by atoms with Crippen LogP contribution in [0.5, 0.6) is 5.75 Å². The molecule has 2 aromatic carbocycles. The summed E-state index contributed by atoms with van der Waals surface area (Å²) in [5.74, 6) is 1.18. The second kappa shape index (κ2) is 13.0. The van der Waals surface area contributed by atoms with Crippen LogP contribution in [0.15, 0.2) is 35.1 Å². The topological polar surface area (TPSA) is 40.5 Å². The van der Waals surface area contributed by atoms with E-state index in [1.165, 1.54) is 38.9 Å². The predicted octanol–water partition coefficient (Wildman–Crippen LogP) is 11.7. The fourth-order valence-corrected chi connectivity index (χ4v) is 6.03. The van der Waals surface area contributed by atoms with E-state index in [0.717, 1.165) is 48.0 Å². The van der Waals surface area contributed by atoms with Crippen LogP contribution < -0.4 is 0 Å². The Morgan fingerprint density at radius 1 is 0.786 bits per heavy atom. The minimum atomic E-state index is -0.146. The molecule has 0 saturated carbocycles. The zero-order valence-corrected chi connectivity index (χ0v) is 30.0. The molecule has 0 saturated heterocycles. The van der Waals surface area contributed by atoms with Crippen molar-refractivity contribution in [2.45, 2.75) is 142 Å². The van der Waals surface area contributed by atoms with Gasteiger partial charge >= 0.3 is 0 Å². The van der Waals surface area contributed by atoms with Crippen LogP contribution in [0.4, 0.5) is 0 Å². The van der Waals surface area contributed by atoms with Crippen LogP contribution in [-0.4, -0.2) is 10.2 Å². The molecular weight excluding hydrogens is 512 g/mol. The molecule has 0 atom stereocenters. The highest BCUT2D eigenvalue weighted by Gasteiger charge is 2.26. The number of aliphatic hydroxyl groups excluding tert-OH is 1. The molecule has 42 heavy (non-hydrogen) atoms. The van der Waals surface area contributed by atoms with Gasteiger partial charge in [0, 0.05) is 0 Å². The number of phenolic OH excluding ortho intramolecular Hbond substituents is 1. The zero-order chi connectivity index (χ0) is 32.5. The summed E-state index contributed by atoms with van der Waals surface area (Å²) in [5.41, 5.74) is 13.6. The monoisotopic (exact) mass is 574 g/mol. The Labute approximate surface area is 259 Å². The maximum atomic E-state index is 11.3. The van der Waals surface area contributed by atoms with Crippen LogP contribution >= 0.6 is 0 Å². The number of rotatable bonds is 8. The second-order valence-corrected chi connectivity index (χ2v) is 16.3. The van der Waals surface area contributed by atoms with Crippen LogP contribution in [-0.2, 0) is 19.3 Å². The van der Waals surface area contributed by atoms with E-state index >= 15 is 0 Å². The summed E-state index contributed by atoms with van der Waals surface area (Å²) in [6, 6.07) is 4.47. The van der Waals surface area contributed by atoms with Gasteiger partial charge in [-0.25, -0.2) is 0 Å². The molecule has 0 radical (unpaired) electrons. The van der Waals surface area contributed by atoms with Crippen molar-refractivity contribution in [3.8, 4) is 5.75 Å². The van der Waals surface area contributed by atoms with Crippen molar-refractivity contribution in [3.63, 3.8) is 0 Å². The van der Waals surface area contributed by atoms with Gasteiger partial charge in [0.1, 0.15) is 11.5 Å². The average Bonchev–Trinajstić information content (AvgIpc) is 2.83. The molecule has 2 aromatic rings. The van der Waals surface area contributed by atoms with Crippen molar-refractivity contribution in [3.05, 3.63) is 85.2 Å². The van der Waals surface area contributed by atoms with Crippen LogP contribution in [0.3, 0.4) is 0 Å². The minimum Gasteiger partial charge on any atom is -0.508 e. The van der Waals surface area contributed by atoms with Gasteiger partial charge in [-0.1, -0.05) is 94.4 Å². The molecule has 0 aliphatic rings. The number of phenols is 1. The highest BCUT2D eigenvalue weighted by molar-refractivity contribution is 5.53.